The van der Waals surface area contributed by atoms with Crippen molar-refractivity contribution in [2.24, 2.45) is 0 Å². The van der Waals surface area contributed by atoms with Gasteiger partial charge < -0.3 is 20.1 Å². The number of aryl methyl sites for hydroxylation is 1. The van der Waals surface area contributed by atoms with Gasteiger partial charge in [-0.05, 0) is 43.7 Å². The first kappa shape index (κ1) is 20.3. The highest BCUT2D eigenvalue weighted by atomic mass is 16.5. The predicted octanol–water partition coefficient (Wildman–Crippen LogP) is 4.28. The van der Waals surface area contributed by atoms with Crippen LogP contribution in [0, 0.1) is 6.92 Å². The molecule has 1 amide bonds. The van der Waals surface area contributed by atoms with Gasteiger partial charge in [0.1, 0.15) is 11.4 Å². The Morgan fingerprint density at radius 1 is 1.03 bits per heavy atom. The van der Waals surface area contributed by atoms with Crippen LogP contribution in [0.1, 0.15) is 22.6 Å². The van der Waals surface area contributed by atoms with E-state index >= 15 is 0 Å². The molecule has 0 spiro atoms. The van der Waals surface area contributed by atoms with E-state index in [4.69, 9.17) is 9.47 Å². The Bertz CT molecular complexity index is 948. The van der Waals surface area contributed by atoms with Crippen LogP contribution in [0.4, 0.5) is 11.6 Å². The second kappa shape index (κ2) is 10.2. The largest absolute Gasteiger partial charge is 0.455 e. The Labute approximate surface area is 170 Å². The third-order valence-electron chi connectivity index (χ3n) is 4.00. The highest BCUT2D eigenvalue weighted by molar-refractivity contribution is 6.03. The third kappa shape index (κ3) is 6.02. The predicted molar refractivity (Wildman–Crippen MR) is 113 cm³/mol. The van der Waals surface area contributed by atoms with Gasteiger partial charge >= 0.3 is 0 Å². The summed E-state index contributed by atoms with van der Waals surface area (Å²) in [7, 11) is 1.66. The molecule has 7 nitrogen and oxygen atoms in total. The summed E-state index contributed by atoms with van der Waals surface area (Å²) in [5.74, 6) is 1.32. The minimum Gasteiger partial charge on any atom is -0.455 e. The summed E-state index contributed by atoms with van der Waals surface area (Å²) in [6, 6.07) is 18.3. The smallest absolute Gasteiger partial charge is 0.274 e. The molecule has 0 radical (unpaired) electrons. The SMILES string of the molecule is COCCCNc1nc(C)cc(C(=O)Nc2ccccc2Oc2ccccc2)n1. The van der Waals surface area contributed by atoms with Gasteiger partial charge in [0.15, 0.2) is 5.75 Å². The highest BCUT2D eigenvalue weighted by Gasteiger charge is 2.14. The van der Waals surface area contributed by atoms with Gasteiger partial charge in [-0.3, -0.25) is 4.79 Å². The number of aromatic nitrogens is 2. The molecule has 0 aliphatic carbocycles. The second-order valence-electron chi connectivity index (χ2n) is 6.36. The minimum absolute atomic E-state index is 0.279. The zero-order chi connectivity index (χ0) is 20.5. The number of hydrogen-bond acceptors (Lipinski definition) is 6. The Kier molecular flexibility index (Phi) is 7.13. The number of nitrogens with zero attached hydrogens (tertiary/aromatic N) is 2. The fraction of sp³-hybridized carbons (Fsp3) is 0.227. The van der Waals surface area contributed by atoms with E-state index in [0.29, 0.717) is 42.0 Å². The fourth-order valence-corrected chi connectivity index (χ4v) is 2.64. The zero-order valence-electron chi connectivity index (χ0n) is 16.5. The van der Waals surface area contributed by atoms with Crippen molar-refractivity contribution in [2.45, 2.75) is 13.3 Å². The number of carbonyl (C=O) groups excluding carboxylic acids is 1. The van der Waals surface area contributed by atoms with Crippen LogP contribution in [0.2, 0.25) is 0 Å². The van der Waals surface area contributed by atoms with Crippen molar-refractivity contribution in [1.29, 1.82) is 0 Å². The van der Waals surface area contributed by atoms with E-state index < -0.39 is 0 Å². The Hall–Kier alpha value is -3.45. The number of carbonyl (C=O) groups is 1. The number of nitrogens with one attached hydrogen (secondary N) is 2. The molecule has 0 saturated carbocycles. The van der Waals surface area contributed by atoms with Gasteiger partial charge in [0.05, 0.1) is 5.69 Å². The van der Waals surface area contributed by atoms with Gasteiger partial charge in [0, 0.05) is 26.0 Å². The van der Waals surface area contributed by atoms with Crippen molar-refractivity contribution in [3.05, 3.63) is 72.1 Å². The van der Waals surface area contributed by atoms with Gasteiger partial charge in [0.2, 0.25) is 5.95 Å². The van der Waals surface area contributed by atoms with Crippen molar-refractivity contribution < 1.29 is 14.3 Å². The Morgan fingerprint density at radius 3 is 2.59 bits per heavy atom. The van der Waals surface area contributed by atoms with E-state index in [9.17, 15) is 4.79 Å². The van der Waals surface area contributed by atoms with Crippen LogP contribution in [-0.2, 0) is 4.74 Å². The molecule has 2 aromatic carbocycles. The number of rotatable bonds is 9. The lowest BCUT2D eigenvalue weighted by molar-refractivity contribution is 0.102. The lowest BCUT2D eigenvalue weighted by Crippen LogP contribution is -2.17. The molecule has 29 heavy (non-hydrogen) atoms. The van der Waals surface area contributed by atoms with E-state index in [0.717, 1.165) is 6.42 Å². The number of anilines is 2. The highest BCUT2D eigenvalue weighted by Crippen LogP contribution is 2.29. The van der Waals surface area contributed by atoms with Crippen LogP contribution in [-0.4, -0.2) is 36.1 Å². The summed E-state index contributed by atoms with van der Waals surface area (Å²) >= 11 is 0. The molecule has 1 heterocycles. The van der Waals surface area contributed by atoms with E-state index in [1.807, 2.05) is 49.4 Å². The Balaban J connectivity index is 1.73. The van der Waals surface area contributed by atoms with E-state index in [2.05, 4.69) is 20.6 Å². The summed E-state index contributed by atoms with van der Waals surface area (Å²) < 4.78 is 10.9. The van der Waals surface area contributed by atoms with Crippen molar-refractivity contribution in [3.8, 4) is 11.5 Å². The first-order valence-electron chi connectivity index (χ1n) is 9.37. The summed E-state index contributed by atoms with van der Waals surface area (Å²) in [5, 5.41) is 5.99. The maximum atomic E-state index is 12.8. The van der Waals surface area contributed by atoms with Crippen LogP contribution < -0.4 is 15.4 Å². The maximum absolute atomic E-state index is 12.8. The first-order chi connectivity index (χ1) is 14.2. The van der Waals surface area contributed by atoms with Gasteiger partial charge in [0.25, 0.3) is 5.91 Å². The zero-order valence-corrected chi connectivity index (χ0v) is 16.5. The van der Waals surface area contributed by atoms with E-state index in [-0.39, 0.29) is 11.6 Å². The third-order valence-corrected chi connectivity index (χ3v) is 4.00. The second-order valence-corrected chi connectivity index (χ2v) is 6.36. The first-order valence-corrected chi connectivity index (χ1v) is 9.37. The van der Waals surface area contributed by atoms with Crippen LogP contribution in [0.3, 0.4) is 0 Å². The number of ether oxygens (including phenoxy) is 2. The molecule has 3 aromatic rings. The molecule has 0 unspecified atom stereocenters. The normalized spacial score (nSPS) is 10.4. The number of hydrogen-bond donors (Lipinski definition) is 2. The average Bonchev–Trinajstić information content (AvgIpc) is 2.73. The molecule has 7 heteroatoms. The van der Waals surface area contributed by atoms with E-state index in [1.165, 1.54) is 0 Å². The molecule has 2 N–H and O–H groups in total. The monoisotopic (exact) mass is 392 g/mol. The molecule has 0 atom stereocenters. The number of methoxy groups -OCH3 is 1. The fourth-order valence-electron chi connectivity index (χ4n) is 2.64. The maximum Gasteiger partial charge on any atom is 0.274 e. The molecule has 0 bridgehead atoms. The molecule has 0 aliphatic rings. The molecule has 0 aliphatic heterocycles. The molecule has 3 rings (SSSR count). The van der Waals surface area contributed by atoms with Gasteiger partial charge in [-0.2, -0.15) is 0 Å². The number of para-hydroxylation sites is 3. The quantitative estimate of drug-likeness (QED) is 0.529. The van der Waals surface area contributed by atoms with Crippen molar-refractivity contribution in [3.63, 3.8) is 0 Å². The molecular weight excluding hydrogens is 368 g/mol. The van der Waals surface area contributed by atoms with Gasteiger partial charge in [-0.15, -0.1) is 0 Å². The van der Waals surface area contributed by atoms with Crippen molar-refractivity contribution >= 4 is 17.5 Å². The Morgan fingerprint density at radius 2 is 1.79 bits per heavy atom. The summed E-state index contributed by atoms with van der Waals surface area (Å²) in [4.78, 5) is 21.4. The number of amides is 1. The van der Waals surface area contributed by atoms with E-state index in [1.54, 1.807) is 25.3 Å². The molecule has 0 fully saturated rings. The van der Waals surface area contributed by atoms with Crippen LogP contribution >= 0.6 is 0 Å². The summed E-state index contributed by atoms with van der Waals surface area (Å²) in [6.07, 6.45) is 0.819. The summed E-state index contributed by atoms with van der Waals surface area (Å²) in [6.45, 7) is 3.13. The lowest BCUT2D eigenvalue weighted by atomic mass is 10.2. The van der Waals surface area contributed by atoms with Gasteiger partial charge in [-0.1, -0.05) is 30.3 Å². The molecule has 0 saturated heterocycles. The van der Waals surface area contributed by atoms with Crippen LogP contribution in [0.15, 0.2) is 60.7 Å². The van der Waals surface area contributed by atoms with Gasteiger partial charge in [-0.25, -0.2) is 9.97 Å². The van der Waals surface area contributed by atoms with Crippen LogP contribution in [0.5, 0.6) is 11.5 Å². The topological polar surface area (TPSA) is 85.4 Å². The average molecular weight is 392 g/mol. The minimum atomic E-state index is -0.334. The van der Waals surface area contributed by atoms with Crippen molar-refractivity contribution in [1.82, 2.24) is 9.97 Å². The van der Waals surface area contributed by atoms with Crippen molar-refractivity contribution in [2.75, 3.05) is 30.9 Å². The molecular formula is C22H24N4O3. The standard InChI is InChI=1S/C22H24N4O3/c1-16-15-19(26-22(24-16)23-13-8-14-28-2)21(27)25-18-11-6-7-12-20(18)29-17-9-4-3-5-10-17/h3-7,9-12,15H,8,13-14H2,1-2H3,(H,25,27)(H,23,24,26). The molecule has 150 valence electrons. The number of benzene rings is 2. The molecule has 1 aromatic heterocycles. The van der Waals surface area contributed by atoms with Crippen LogP contribution in [0.25, 0.3) is 0 Å². The lowest BCUT2D eigenvalue weighted by Gasteiger charge is -2.13. The summed E-state index contributed by atoms with van der Waals surface area (Å²) in [5.41, 5.74) is 1.54.